The number of ether oxygens (including phenoxy) is 2. The molecule has 2 aliphatic rings. The summed E-state index contributed by atoms with van der Waals surface area (Å²) in [5.41, 5.74) is 1.05. The van der Waals surface area contributed by atoms with E-state index in [0.717, 1.165) is 18.4 Å². The van der Waals surface area contributed by atoms with Gasteiger partial charge in [-0.2, -0.15) is 15.0 Å². The lowest BCUT2D eigenvalue weighted by Crippen LogP contribution is -2.12. The molecule has 0 unspecified atom stereocenters. The molecule has 0 saturated carbocycles. The number of nitrogens with zero attached hydrogens (tertiary/aromatic N) is 3. The molecule has 1 aliphatic heterocycles. The van der Waals surface area contributed by atoms with Crippen molar-refractivity contribution in [3.05, 3.63) is 58.5 Å². The summed E-state index contributed by atoms with van der Waals surface area (Å²) in [5, 5.41) is 2.81. The molecule has 8 heteroatoms. The molecule has 0 amide bonds. The van der Waals surface area contributed by atoms with Crippen molar-refractivity contribution >= 4 is 29.2 Å². The van der Waals surface area contributed by atoms with E-state index in [2.05, 4.69) is 26.3 Å². The molecule has 21 heavy (non-hydrogen) atoms. The van der Waals surface area contributed by atoms with Crippen molar-refractivity contribution in [2.75, 3.05) is 5.32 Å². The topological polar surface area (TPSA) is 69.2 Å². The quantitative estimate of drug-likeness (QED) is 0.916. The van der Waals surface area contributed by atoms with Gasteiger partial charge in [0.2, 0.25) is 22.4 Å². The lowest BCUT2D eigenvalue weighted by atomic mass is 10.0. The summed E-state index contributed by atoms with van der Waals surface area (Å²) >= 11 is 11.4. The van der Waals surface area contributed by atoms with Crippen molar-refractivity contribution in [2.45, 2.75) is 12.8 Å². The fourth-order valence-electron chi connectivity index (χ4n) is 1.82. The Bertz CT molecular complexity index is 662. The highest BCUT2D eigenvalue weighted by Gasteiger charge is 2.16. The molecular weight excluding hydrogens is 315 g/mol. The Balaban J connectivity index is 1.71. The molecule has 0 atom stereocenters. The van der Waals surface area contributed by atoms with Gasteiger partial charge in [-0.15, -0.1) is 0 Å². The van der Waals surface area contributed by atoms with Crippen LogP contribution in [-0.2, 0) is 9.47 Å². The van der Waals surface area contributed by atoms with Gasteiger partial charge in [-0.25, -0.2) is 0 Å². The minimum absolute atomic E-state index is 0.00859. The third kappa shape index (κ3) is 3.53. The summed E-state index contributed by atoms with van der Waals surface area (Å²) in [5.74, 6) is 1.14. The summed E-state index contributed by atoms with van der Waals surface area (Å²) in [6.45, 7) is 0. The molecule has 108 valence electrons. The summed E-state index contributed by atoms with van der Waals surface area (Å²) in [6, 6.07) is 0. The molecule has 0 bridgehead atoms. The number of hydrogen-bond donors (Lipinski definition) is 1. The van der Waals surface area contributed by atoms with Crippen LogP contribution in [0.5, 0.6) is 0 Å². The van der Waals surface area contributed by atoms with Crippen LogP contribution in [0.2, 0.25) is 10.6 Å². The highest BCUT2D eigenvalue weighted by molar-refractivity contribution is 6.31. The third-order valence-corrected chi connectivity index (χ3v) is 3.05. The number of allylic oxidation sites excluding steroid dienone is 4. The average Bonchev–Trinajstić information content (AvgIpc) is 2.47. The normalized spacial score (nSPS) is 17.1. The second-order valence-corrected chi connectivity index (χ2v) is 4.86. The second-order valence-electron chi connectivity index (χ2n) is 4.18. The number of rotatable bonds is 3. The van der Waals surface area contributed by atoms with Gasteiger partial charge in [-0.3, -0.25) is 5.32 Å². The molecule has 2 heterocycles. The van der Waals surface area contributed by atoms with E-state index in [4.69, 9.17) is 32.7 Å². The van der Waals surface area contributed by atoms with Gasteiger partial charge in [-0.1, -0.05) is 18.2 Å². The van der Waals surface area contributed by atoms with Gasteiger partial charge in [0.05, 0.1) is 0 Å². The molecule has 3 rings (SSSR count). The van der Waals surface area contributed by atoms with Crippen LogP contribution in [0.3, 0.4) is 0 Å². The van der Waals surface area contributed by atoms with Gasteiger partial charge >= 0.3 is 0 Å². The van der Waals surface area contributed by atoms with Gasteiger partial charge < -0.3 is 9.47 Å². The number of anilines is 1. The number of halogens is 2. The predicted molar refractivity (Wildman–Crippen MR) is 78.3 cm³/mol. The SMILES string of the molecule is Clc1nc(Cl)nc(NC2=COC=C(C3=CC=CCC3)O2)n1. The van der Waals surface area contributed by atoms with Gasteiger partial charge in [0.15, 0.2) is 12.0 Å². The number of aromatic nitrogens is 3. The molecule has 1 aliphatic carbocycles. The zero-order valence-electron chi connectivity index (χ0n) is 10.7. The van der Waals surface area contributed by atoms with Crippen LogP contribution in [-0.4, -0.2) is 15.0 Å². The minimum Gasteiger partial charge on any atom is -0.463 e. The van der Waals surface area contributed by atoms with Crippen LogP contribution < -0.4 is 5.32 Å². The van der Waals surface area contributed by atoms with Gasteiger partial charge in [-0.05, 0) is 41.6 Å². The Morgan fingerprint density at radius 1 is 1.10 bits per heavy atom. The van der Waals surface area contributed by atoms with Crippen molar-refractivity contribution in [1.29, 1.82) is 0 Å². The van der Waals surface area contributed by atoms with Crippen molar-refractivity contribution in [2.24, 2.45) is 0 Å². The van der Waals surface area contributed by atoms with E-state index in [9.17, 15) is 0 Å². The van der Waals surface area contributed by atoms with Crippen LogP contribution in [0.15, 0.2) is 48.0 Å². The third-order valence-electron chi connectivity index (χ3n) is 2.72. The molecule has 6 nitrogen and oxygen atoms in total. The molecule has 1 aromatic heterocycles. The molecule has 1 aromatic rings. The summed E-state index contributed by atoms with van der Waals surface area (Å²) in [7, 11) is 0. The van der Waals surface area contributed by atoms with Crippen molar-refractivity contribution in [1.82, 2.24) is 15.0 Å². The molecule has 0 spiro atoms. The van der Waals surface area contributed by atoms with E-state index in [1.54, 1.807) is 6.26 Å². The molecule has 0 saturated heterocycles. The van der Waals surface area contributed by atoms with Crippen molar-refractivity contribution in [3.8, 4) is 0 Å². The van der Waals surface area contributed by atoms with Crippen molar-refractivity contribution in [3.63, 3.8) is 0 Å². The van der Waals surface area contributed by atoms with Gasteiger partial charge in [0, 0.05) is 0 Å². The van der Waals surface area contributed by atoms with Gasteiger partial charge in [0.1, 0.15) is 6.26 Å². The Morgan fingerprint density at radius 2 is 1.90 bits per heavy atom. The summed E-state index contributed by atoms with van der Waals surface area (Å²) in [4.78, 5) is 11.4. The fraction of sp³-hybridized carbons (Fsp3) is 0.154. The maximum Gasteiger partial charge on any atom is 0.235 e. The molecular formula is C13H10Cl2N4O2. The second kappa shape index (κ2) is 6.15. The Hall–Kier alpha value is -2.05. The van der Waals surface area contributed by atoms with Crippen LogP contribution in [0, 0.1) is 0 Å². The van der Waals surface area contributed by atoms with E-state index in [1.165, 1.54) is 6.26 Å². The number of hydrogen-bond acceptors (Lipinski definition) is 6. The summed E-state index contributed by atoms with van der Waals surface area (Å²) in [6.07, 6.45) is 10.9. The molecule has 1 N–H and O–H groups in total. The lowest BCUT2D eigenvalue weighted by molar-refractivity contribution is 0.233. The Morgan fingerprint density at radius 3 is 2.62 bits per heavy atom. The van der Waals surface area contributed by atoms with E-state index in [0.29, 0.717) is 11.6 Å². The highest BCUT2D eigenvalue weighted by Crippen LogP contribution is 2.26. The van der Waals surface area contributed by atoms with E-state index < -0.39 is 0 Å². The first-order chi connectivity index (χ1) is 10.2. The lowest BCUT2D eigenvalue weighted by Gasteiger charge is -2.19. The number of nitrogens with one attached hydrogen (secondary N) is 1. The van der Waals surface area contributed by atoms with Crippen LogP contribution in [0.1, 0.15) is 12.8 Å². The van der Waals surface area contributed by atoms with E-state index >= 15 is 0 Å². The smallest absolute Gasteiger partial charge is 0.235 e. The summed E-state index contributed by atoms with van der Waals surface area (Å²) < 4.78 is 11.0. The van der Waals surface area contributed by atoms with Crippen molar-refractivity contribution < 1.29 is 9.47 Å². The standard InChI is InChI=1S/C13H10Cl2N4O2/c14-11-17-12(15)19-13(18-11)16-10-7-20-6-9(21-10)8-4-2-1-3-5-8/h1-2,4,6-7H,3,5H2,(H,16,17,18,19). The maximum atomic E-state index is 5.71. The van der Waals surface area contributed by atoms with Crippen LogP contribution in [0.25, 0.3) is 0 Å². The largest absolute Gasteiger partial charge is 0.463 e. The highest BCUT2D eigenvalue weighted by atomic mass is 35.5. The van der Waals surface area contributed by atoms with Gasteiger partial charge in [0.25, 0.3) is 0 Å². The minimum atomic E-state index is -0.00859. The Labute approximate surface area is 130 Å². The Kier molecular flexibility index (Phi) is 4.08. The van der Waals surface area contributed by atoms with E-state index in [-0.39, 0.29) is 16.5 Å². The average molecular weight is 325 g/mol. The fourth-order valence-corrected chi connectivity index (χ4v) is 2.18. The van der Waals surface area contributed by atoms with E-state index in [1.807, 2.05) is 12.2 Å². The molecule has 0 radical (unpaired) electrons. The molecule has 0 aromatic carbocycles. The van der Waals surface area contributed by atoms with Crippen LogP contribution >= 0.6 is 23.2 Å². The zero-order chi connectivity index (χ0) is 14.7. The first-order valence-electron chi connectivity index (χ1n) is 6.14. The molecule has 0 fully saturated rings. The van der Waals surface area contributed by atoms with Crippen LogP contribution in [0.4, 0.5) is 5.95 Å². The zero-order valence-corrected chi connectivity index (χ0v) is 12.2. The maximum absolute atomic E-state index is 5.71. The first kappa shape index (κ1) is 13.9. The first-order valence-corrected chi connectivity index (χ1v) is 6.90. The predicted octanol–water partition coefficient (Wildman–Crippen LogP) is 3.55. The monoisotopic (exact) mass is 324 g/mol.